The maximum Gasteiger partial charge on any atom is 0.181 e. The Balaban J connectivity index is 2.67. The van der Waals surface area contributed by atoms with Gasteiger partial charge in [-0.3, -0.25) is 0 Å². The lowest BCUT2D eigenvalue weighted by molar-refractivity contribution is 0.337. The summed E-state index contributed by atoms with van der Waals surface area (Å²) in [4.78, 5) is 4.25. The van der Waals surface area contributed by atoms with E-state index in [4.69, 9.17) is 26.8 Å². The summed E-state index contributed by atoms with van der Waals surface area (Å²) in [6.07, 6.45) is 0. The van der Waals surface area contributed by atoms with Gasteiger partial charge in [0.15, 0.2) is 10.9 Å². The molecule has 4 nitrogen and oxygen atoms in total. The Kier molecular flexibility index (Phi) is 3.59. The van der Waals surface area contributed by atoms with Crippen molar-refractivity contribution in [3.8, 4) is 11.5 Å². The number of nitrogens with two attached hydrogens (primary N) is 1. The van der Waals surface area contributed by atoms with Crippen molar-refractivity contribution in [1.82, 2.24) is 4.98 Å². The van der Waals surface area contributed by atoms with E-state index in [1.54, 1.807) is 6.07 Å². The number of nitrogens with zero attached hydrogens (tertiary/aromatic N) is 1. The highest BCUT2D eigenvalue weighted by Crippen LogP contribution is 2.43. The molecule has 0 aliphatic rings. The van der Waals surface area contributed by atoms with Crippen LogP contribution in [0.25, 0.3) is 10.2 Å². The topological polar surface area (TPSA) is 57.4 Å². The van der Waals surface area contributed by atoms with Gasteiger partial charge in [0.2, 0.25) is 0 Å². The van der Waals surface area contributed by atoms with Gasteiger partial charge in [0.1, 0.15) is 16.0 Å². The fraction of sp³-hybridized carbons (Fsp3) is 0.364. The van der Waals surface area contributed by atoms with Crippen LogP contribution in [0.5, 0.6) is 11.5 Å². The number of thiazole rings is 1. The van der Waals surface area contributed by atoms with E-state index in [1.165, 1.54) is 11.3 Å². The number of rotatable bonds is 4. The first-order valence-corrected chi connectivity index (χ1v) is 6.50. The first kappa shape index (κ1) is 12.3. The van der Waals surface area contributed by atoms with Crippen molar-refractivity contribution in [2.75, 3.05) is 18.9 Å². The number of hydrogen-bond acceptors (Lipinski definition) is 5. The first-order valence-electron chi connectivity index (χ1n) is 5.31. The van der Waals surface area contributed by atoms with Crippen molar-refractivity contribution in [3.05, 3.63) is 11.1 Å². The lowest BCUT2D eigenvalue weighted by Gasteiger charge is -2.09. The van der Waals surface area contributed by atoms with Gasteiger partial charge in [-0.25, -0.2) is 4.98 Å². The summed E-state index contributed by atoms with van der Waals surface area (Å²) in [6, 6.07) is 1.72. The minimum absolute atomic E-state index is 0.476. The van der Waals surface area contributed by atoms with Gasteiger partial charge in [0.05, 0.1) is 18.2 Å². The van der Waals surface area contributed by atoms with Crippen molar-refractivity contribution >= 4 is 38.3 Å². The van der Waals surface area contributed by atoms with Crippen LogP contribution in [0.2, 0.25) is 5.02 Å². The van der Waals surface area contributed by atoms with Crippen LogP contribution in [0.1, 0.15) is 13.8 Å². The molecule has 2 rings (SSSR count). The zero-order valence-electron chi connectivity index (χ0n) is 9.62. The molecule has 0 fully saturated rings. The second-order valence-corrected chi connectivity index (χ2v) is 4.72. The molecule has 0 spiro atoms. The number of anilines is 1. The van der Waals surface area contributed by atoms with Crippen LogP contribution in [0, 0.1) is 0 Å². The maximum atomic E-state index is 6.17. The van der Waals surface area contributed by atoms with Crippen LogP contribution in [0.4, 0.5) is 5.13 Å². The van der Waals surface area contributed by atoms with Gasteiger partial charge in [-0.15, -0.1) is 0 Å². The summed E-state index contributed by atoms with van der Waals surface area (Å²) < 4.78 is 11.9. The summed E-state index contributed by atoms with van der Waals surface area (Å²) >= 11 is 7.52. The number of aromatic nitrogens is 1. The highest BCUT2D eigenvalue weighted by molar-refractivity contribution is 7.22. The van der Waals surface area contributed by atoms with Crippen LogP contribution >= 0.6 is 22.9 Å². The van der Waals surface area contributed by atoms with E-state index in [2.05, 4.69) is 4.98 Å². The molecule has 0 bridgehead atoms. The van der Waals surface area contributed by atoms with Gasteiger partial charge in [-0.1, -0.05) is 22.9 Å². The number of benzene rings is 1. The predicted octanol–water partition coefficient (Wildman–Crippen LogP) is 3.33. The van der Waals surface area contributed by atoms with Crippen LogP contribution in [0.15, 0.2) is 6.07 Å². The van der Waals surface area contributed by atoms with E-state index >= 15 is 0 Å². The Bertz CT molecular complexity index is 542. The average molecular weight is 273 g/mol. The molecule has 0 amide bonds. The molecule has 0 saturated heterocycles. The van der Waals surface area contributed by atoms with Crippen molar-refractivity contribution in [2.24, 2.45) is 0 Å². The molecule has 0 atom stereocenters. The molecule has 0 aliphatic carbocycles. The second-order valence-electron chi connectivity index (χ2n) is 3.28. The van der Waals surface area contributed by atoms with Crippen molar-refractivity contribution < 1.29 is 9.47 Å². The number of hydrogen-bond donors (Lipinski definition) is 1. The first-order chi connectivity index (χ1) is 8.17. The van der Waals surface area contributed by atoms with E-state index in [1.807, 2.05) is 13.8 Å². The van der Waals surface area contributed by atoms with Gasteiger partial charge in [-0.05, 0) is 13.8 Å². The van der Waals surface area contributed by atoms with Crippen molar-refractivity contribution in [1.29, 1.82) is 0 Å². The molecule has 1 aromatic heterocycles. The largest absolute Gasteiger partial charge is 0.491 e. The second kappa shape index (κ2) is 4.98. The molecule has 0 aliphatic heterocycles. The predicted molar refractivity (Wildman–Crippen MR) is 71.4 cm³/mol. The van der Waals surface area contributed by atoms with Gasteiger partial charge >= 0.3 is 0 Å². The molecule has 0 radical (unpaired) electrons. The van der Waals surface area contributed by atoms with Gasteiger partial charge < -0.3 is 15.2 Å². The van der Waals surface area contributed by atoms with E-state index in [0.717, 1.165) is 4.70 Å². The Morgan fingerprint density at radius 2 is 2.06 bits per heavy atom. The molecule has 0 saturated carbocycles. The fourth-order valence-corrected chi connectivity index (χ4v) is 2.71. The molecular formula is C11H13ClN2O2S. The molecule has 1 aromatic carbocycles. The van der Waals surface area contributed by atoms with E-state index in [9.17, 15) is 0 Å². The lowest BCUT2D eigenvalue weighted by Crippen LogP contribution is -1.96. The highest BCUT2D eigenvalue weighted by atomic mass is 35.5. The minimum Gasteiger partial charge on any atom is -0.491 e. The average Bonchev–Trinajstić information content (AvgIpc) is 2.66. The number of ether oxygens (including phenoxy) is 2. The monoisotopic (exact) mass is 272 g/mol. The molecule has 6 heteroatoms. The molecule has 2 N–H and O–H groups in total. The Labute approximate surface area is 108 Å². The smallest absolute Gasteiger partial charge is 0.181 e. The summed E-state index contributed by atoms with van der Waals surface area (Å²) in [5, 5.41) is 0.996. The summed E-state index contributed by atoms with van der Waals surface area (Å²) in [6.45, 7) is 4.91. The van der Waals surface area contributed by atoms with Crippen LogP contribution in [-0.2, 0) is 0 Å². The quantitative estimate of drug-likeness (QED) is 0.927. The number of halogens is 1. The lowest BCUT2D eigenvalue weighted by atomic mass is 10.3. The van der Waals surface area contributed by atoms with Crippen molar-refractivity contribution in [3.63, 3.8) is 0 Å². The Hall–Kier alpha value is -1.20. The van der Waals surface area contributed by atoms with E-state index < -0.39 is 0 Å². The third-order valence-corrected chi connectivity index (χ3v) is 3.31. The summed E-state index contributed by atoms with van der Waals surface area (Å²) in [7, 11) is 0. The Morgan fingerprint density at radius 1 is 1.35 bits per heavy atom. The van der Waals surface area contributed by atoms with Crippen LogP contribution in [-0.4, -0.2) is 18.2 Å². The minimum atomic E-state index is 0.476. The maximum absolute atomic E-state index is 6.17. The number of fused-ring (bicyclic) bond motifs is 1. The van der Waals surface area contributed by atoms with E-state index in [-0.39, 0.29) is 0 Å². The molecular weight excluding hydrogens is 260 g/mol. The molecule has 0 unspecified atom stereocenters. The standard InChI is InChI=1S/C11H13ClN2O2S/c1-3-15-7-5-6(12)9(16-4-2)10-8(7)14-11(13)17-10/h5H,3-4H2,1-2H3,(H2,13,14). The zero-order valence-corrected chi connectivity index (χ0v) is 11.2. The summed E-state index contributed by atoms with van der Waals surface area (Å²) in [5.41, 5.74) is 6.43. The van der Waals surface area contributed by atoms with Crippen LogP contribution < -0.4 is 15.2 Å². The zero-order chi connectivity index (χ0) is 12.4. The van der Waals surface area contributed by atoms with E-state index in [0.29, 0.717) is 40.4 Å². The van der Waals surface area contributed by atoms with Gasteiger partial charge in [-0.2, -0.15) is 0 Å². The van der Waals surface area contributed by atoms with Gasteiger partial charge in [0, 0.05) is 6.07 Å². The third-order valence-electron chi connectivity index (χ3n) is 2.15. The fourth-order valence-electron chi connectivity index (χ4n) is 1.56. The van der Waals surface area contributed by atoms with Crippen LogP contribution in [0.3, 0.4) is 0 Å². The molecule has 1 heterocycles. The van der Waals surface area contributed by atoms with Gasteiger partial charge in [0.25, 0.3) is 0 Å². The highest BCUT2D eigenvalue weighted by Gasteiger charge is 2.17. The molecule has 17 heavy (non-hydrogen) atoms. The molecule has 92 valence electrons. The SMILES string of the molecule is CCOc1cc(Cl)c(OCC)c2sc(N)nc12. The third kappa shape index (κ3) is 2.25. The normalized spacial score (nSPS) is 10.8. The summed E-state index contributed by atoms with van der Waals surface area (Å²) in [5.74, 6) is 1.27. The van der Waals surface area contributed by atoms with Crippen molar-refractivity contribution in [2.45, 2.75) is 13.8 Å². The Morgan fingerprint density at radius 3 is 2.71 bits per heavy atom. The molecule has 2 aromatic rings. The number of nitrogen functional groups attached to an aromatic ring is 1.